The van der Waals surface area contributed by atoms with Gasteiger partial charge in [0.05, 0.1) is 6.20 Å². The zero-order chi connectivity index (χ0) is 16.7. The lowest BCUT2D eigenvalue weighted by molar-refractivity contribution is 0.0675. The molecule has 1 aromatic heterocycles. The van der Waals surface area contributed by atoms with Crippen LogP contribution in [0.1, 0.15) is 41.6 Å². The molecule has 126 valence electrons. The third kappa shape index (κ3) is 2.48. The minimum absolute atomic E-state index is 0.105. The van der Waals surface area contributed by atoms with Crippen molar-refractivity contribution in [2.45, 2.75) is 45.3 Å². The first-order chi connectivity index (χ1) is 11.6. The first kappa shape index (κ1) is 15.2. The number of para-hydroxylation sites is 1. The maximum atomic E-state index is 13.3. The highest BCUT2D eigenvalue weighted by Gasteiger charge is 2.30. The van der Waals surface area contributed by atoms with Gasteiger partial charge >= 0.3 is 0 Å². The number of benzene rings is 1. The molecule has 0 radical (unpaired) electrons. The molecule has 1 atom stereocenters. The van der Waals surface area contributed by atoms with Crippen molar-refractivity contribution in [3.8, 4) is 0 Å². The van der Waals surface area contributed by atoms with Crippen LogP contribution in [-0.4, -0.2) is 40.0 Å². The van der Waals surface area contributed by atoms with E-state index in [-0.39, 0.29) is 11.9 Å². The Morgan fingerprint density at radius 2 is 2.08 bits per heavy atom. The van der Waals surface area contributed by atoms with Gasteiger partial charge in [0.25, 0.3) is 5.91 Å². The van der Waals surface area contributed by atoms with E-state index in [9.17, 15) is 4.79 Å². The Bertz CT molecular complexity index is 766. The molecule has 5 heteroatoms. The van der Waals surface area contributed by atoms with E-state index in [0.717, 1.165) is 37.4 Å². The molecule has 1 unspecified atom stereocenters. The van der Waals surface area contributed by atoms with Gasteiger partial charge in [-0.05, 0) is 31.4 Å². The third-order valence-electron chi connectivity index (χ3n) is 5.26. The van der Waals surface area contributed by atoms with Crippen LogP contribution < -0.4 is 4.90 Å². The minimum Gasteiger partial charge on any atom is -0.372 e. The SMILES string of the molecule is CC1CN(C)c2ccccc2CN1C(=O)c1cnc2n1CCCC2. The quantitative estimate of drug-likeness (QED) is 0.810. The third-order valence-corrected chi connectivity index (χ3v) is 5.26. The fourth-order valence-electron chi connectivity index (χ4n) is 3.96. The summed E-state index contributed by atoms with van der Waals surface area (Å²) in [5, 5.41) is 0. The zero-order valence-corrected chi connectivity index (χ0v) is 14.4. The van der Waals surface area contributed by atoms with Crippen molar-refractivity contribution >= 4 is 11.6 Å². The van der Waals surface area contributed by atoms with Crippen molar-refractivity contribution in [1.82, 2.24) is 14.5 Å². The Balaban J connectivity index is 1.68. The normalized spacial score (nSPS) is 20.3. The Kier molecular flexibility index (Phi) is 3.79. The van der Waals surface area contributed by atoms with E-state index in [4.69, 9.17) is 0 Å². The Morgan fingerprint density at radius 1 is 1.25 bits per heavy atom. The van der Waals surface area contributed by atoms with Crippen molar-refractivity contribution in [2.24, 2.45) is 0 Å². The molecule has 2 aromatic rings. The highest BCUT2D eigenvalue weighted by Crippen LogP contribution is 2.27. The van der Waals surface area contributed by atoms with Gasteiger partial charge in [-0.1, -0.05) is 18.2 Å². The Morgan fingerprint density at radius 3 is 2.96 bits per heavy atom. The average Bonchev–Trinajstić information content (AvgIpc) is 2.98. The first-order valence-electron chi connectivity index (χ1n) is 8.79. The molecule has 0 saturated heterocycles. The second kappa shape index (κ2) is 5.96. The minimum atomic E-state index is 0.105. The predicted molar refractivity (Wildman–Crippen MR) is 94.2 cm³/mol. The largest absolute Gasteiger partial charge is 0.372 e. The summed E-state index contributed by atoms with van der Waals surface area (Å²) in [5.41, 5.74) is 3.17. The van der Waals surface area contributed by atoms with Crippen molar-refractivity contribution in [2.75, 3.05) is 18.5 Å². The molecule has 0 N–H and O–H groups in total. The maximum absolute atomic E-state index is 13.3. The van der Waals surface area contributed by atoms with Crippen molar-refractivity contribution in [1.29, 1.82) is 0 Å². The number of anilines is 1. The van der Waals surface area contributed by atoms with E-state index in [1.807, 2.05) is 11.0 Å². The molecule has 5 nitrogen and oxygen atoms in total. The fraction of sp³-hybridized carbons (Fsp3) is 0.474. The molecule has 24 heavy (non-hydrogen) atoms. The summed E-state index contributed by atoms with van der Waals surface area (Å²) in [6.45, 7) is 4.54. The van der Waals surface area contributed by atoms with Gasteiger partial charge in [0.2, 0.25) is 0 Å². The molecular weight excluding hydrogens is 300 g/mol. The van der Waals surface area contributed by atoms with E-state index in [0.29, 0.717) is 6.54 Å². The van der Waals surface area contributed by atoms with Crippen LogP contribution in [0.15, 0.2) is 30.5 Å². The van der Waals surface area contributed by atoms with Crippen molar-refractivity contribution in [3.63, 3.8) is 0 Å². The van der Waals surface area contributed by atoms with E-state index >= 15 is 0 Å². The van der Waals surface area contributed by atoms with Crippen LogP contribution >= 0.6 is 0 Å². The Labute approximate surface area is 142 Å². The standard InChI is InChI=1S/C19H24N4O/c1-14-12-21(2)16-8-4-3-7-15(16)13-23(14)19(24)17-11-20-18-9-5-6-10-22(17)18/h3-4,7-8,11,14H,5-6,9-10,12-13H2,1-2H3. The lowest BCUT2D eigenvalue weighted by atomic mass is 10.1. The van der Waals surface area contributed by atoms with Gasteiger partial charge in [0, 0.05) is 44.8 Å². The average molecular weight is 324 g/mol. The van der Waals surface area contributed by atoms with Crippen LogP contribution in [0.25, 0.3) is 0 Å². The number of carbonyl (C=O) groups is 1. The molecule has 1 aromatic carbocycles. The van der Waals surface area contributed by atoms with Crippen LogP contribution in [0, 0.1) is 0 Å². The highest BCUT2D eigenvalue weighted by molar-refractivity contribution is 5.93. The summed E-state index contributed by atoms with van der Waals surface area (Å²) in [6, 6.07) is 8.52. The van der Waals surface area contributed by atoms with Gasteiger partial charge in [-0.3, -0.25) is 4.79 Å². The second-order valence-electron chi connectivity index (χ2n) is 6.96. The number of rotatable bonds is 1. The van der Waals surface area contributed by atoms with Crippen LogP contribution in [0.4, 0.5) is 5.69 Å². The molecule has 2 aliphatic heterocycles. The predicted octanol–water partition coefficient (Wildman–Crippen LogP) is 2.70. The number of hydrogen-bond donors (Lipinski definition) is 0. The smallest absolute Gasteiger partial charge is 0.272 e. The number of aryl methyl sites for hydroxylation is 1. The molecule has 0 aliphatic carbocycles. The number of nitrogens with zero attached hydrogens (tertiary/aromatic N) is 4. The molecule has 0 spiro atoms. The summed E-state index contributed by atoms with van der Waals surface area (Å²) in [6.07, 6.45) is 5.05. The molecule has 1 amide bonds. The van der Waals surface area contributed by atoms with E-state index in [1.54, 1.807) is 6.20 Å². The number of imidazole rings is 1. The molecule has 0 bridgehead atoms. The number of fused-ring (bicyclic) bond motifs is 2. The summed E-state index contributed by atoms with van der Waals surface area (Å²) in [5.74, 6) is 1.16. The van der Waals surface area contributed by atoms with E-state index in [2.05, 4.69) is 46.6 Å². The van der Waals surface area contributed by atoms with Gasteiger partial charge in [-0.15, -0.1) is 0 Å². The first-order valence-corrected chi connectivity index (χ1v) is 8.79. The molecule has 3 heterocycles. The van der Waals surface area contributed by atoms with Gasteiger partial charge in [0.1, 0.15) is 11.5 Å². The zero-order valence-electron chi connectivity index (χ0n) is 14.4. The van der Waals surface area contributed by atoms with Crippen LogP contribution in [0.2, 0.25) is 0 Å². The van der Waals surface area contributed by atoms with Crippen molar-refractivity contribution < 1.29 is 4.79 Å². The van der Waals surface area contributed by atoms with E-state index < -0.39 is 0 Å². The van der Waals surface area contributed by atoms with Gasteiger partial charge in [-0.2, -0.15) is 0 Å². The maximum Gasteiger partial charge on any atom is 0.272 e. The van der Waals surface area contributed by atoms with Crippen molar-refractivity contribution in [3.05, 3.63) is 47.5 Å². The summed E-state index contributed by atoms with van der Waals surface area (Å²) >= 11 is 0. The lowest BCUT2D eigenvalue weighted by Gasteiger charge is -2.29. The fourth-order valence-corrected chi connectivity index (χ4v) is 3.96. The van der Waals surface area contributed by atoms with Gasteiger partial charge < -0.3 is 14.4 Å². The molecule has 0 fully saturated rings. The van der Waals surface area contributed by atoms with Gasteiger partial charge in [0.15, 0.2) is 0 Å². The van der Waals surface area contributed by atoms with Gasteiger partial charge in [-0.25, -0.2) is 4.98 Å². The molecule has 0 saturated carbocycles. The monoisotopic (exact) mass is 324 g/mol. The van der Waals surface area contributed by atoms with Crippen LogP contribution in [0.5, 0.6) is 0 Å². The summed E-state index contributed by atoms with van der Waals surface area (Å²) in [4.78, 5) is 22.0. The van der Waals surface area contributed by atoms with E-state index in [1.165, 1.54) is 17.7 Å². The lowest BCUT2D eigenvalue weighted by Crippen LogP contribution is -2.42. The number of aromatic nitrogens is 2. The molecule has 4 rings (SSSR count). The van der Waals surface area contributed by atoms with Crippen LogP contribution in [-0.2, 0) is 19.5 Å². The van der Waals surface area contributed by atoms with Crippen LogP contribution in [0.3, 0.4) is 0 Å². The number of amides is 1. The molecular formula is C19H24N4O. The topological polar surface area (TPSA) is 41.4 Å². The number of likely N-dealkylation sites (N-methyl/N-ethyl adjacent to an activating group) is 1. The number of carbonyl (C=O) groups excluding carboxylic acids is 1. The molecule has 2 aliphatic rings. The second-order valence-corrected chi connectivity index (χ2v) is 6.96. The summed E-state index contributed by atoms with van der Waals surface area (Å²) < 4.78 is 2.12. The highest BCUT2D eigenvalue weighted by atomic mass is 16.2. The summed E-state index contributed by atoms with van der Waals surface area (Å²) in [7, 11) is 2.10. The Hall–Kier alpha value is -2.30. The number of hydrogen-bond acceptors (Lipinski definition) is 3.